The zero-order valence-corrected chi connectivity index (χ0v) is 11.7. The van der Waals surface area contributed by atoms with Gasteiger partial charge < -0.3 is 5.73 Å². The Morgan fingerprint density at radius 3 is 2.68 bits per heavy atom. The lowest BCUT2D eigenvalue weighted by atomic mass is 10.0. The van der Waals surface area contributed by atoms with Crippen molar-refractivity contribution >= 4 is 0 Å². The second-order valence-corrected chi connectivity index (χ2v) is 6.22. The molecule has 0 aromatic carbocycles. The van der Waals surface area contributed by atoms with E-state index in [4.69, 9.17) is 5.73 Å². The standard InChI is InChI=1S/C16H23N3/c1-11-4-3-5-18-16(11)10-19-8-14-6-13(12(2)17)7-15(14)9-19/h3-5,13-15H,2,6-10,17H2,1H3/t13?,14-,15+. The lowest BCUT2D eigenvalue weighted by Crippen LogP contribution is -2.23. The molecule has 1 aliphatic heterocycles. The second kappa shape index (κ2) is 4.97. The average Bonchev–Trinajstić information content (AvgIpc) is 2.90. The third-order valence-corrected chi connectivity index (χ3v) is 4.84. The van der Waals surface area contributed by atoms with Gasteiger partial charge in [-0.2, -0.15) is 0 Å². The number of allylic oxidation sites excluding steroid dienone is 1. The van der Waals surface area contributed by atoms with Crippen molar-refractivity contribution in [2.45, 2.75) is 26.3 Å². The van der Waals surface area contributed by atoms with Gasteiger partial charge in [0, 0.05) is 31.5 Å². The summed E-state index contributed by atoms with van der Waals surface area (Å²) in [5, 5.41) is 0. The Morgan fingerprint density at radius 1 is 1.42 bits per heavy atom. The number of nitrogens with zero attached hydrogens (tertiary/aromatic N) is 2. The minimum Gasteiger partial charge on any atom is -0.402 e. The summed E-state index contributed by atoms with van der Waals surface area (Å²) in [5.41, 5.74) is 9.27. The smallest absolute Gasteiger partial charge is 0.0573 e. The molecule has 3 rings (SSSR count). The highest BCUT2D eigenvalue weighted by atomic mass is 15.2. The summed E-state index contributed by atoms with van der Waals surface area (Å²) in [7, 11) is 0. The van der Waals surface area contributed by atoms with Crippen LogP contribution in [0, 0.1) is 24.7 Å². The molecule has 1 unspecified atom stereocenters. The Balaban J connectivity index is 1.60. The molecule has 2 aliphatic rings. The minimum absolute atomic E-state index is 0.564. The molecule has 2 N–H and O–H groups in total. The van der Waals surface area contributed by atoms with Crippen molar-refractivity contribution in [1.29, 1.82) is 0 Å². The van der Waals surface area contributed by atoms with Crippen molar-refractivity contribution in [1.82, 2.24) is 9.88 Å². The molecule has 3 atom stereocenters. The molecule has 0 bridgehead atoms. The van der Waals surface area contributed by atoms with Crippen LogP contribution < -0.4 is 5.73 Å². The van der Waals surface area contributed by atoms with Crippen LogP contribution in [0.25, 0.3) is 0 Å². The molecule has 2 fully saturated rings. The Bertz CT molecular complexity index is 469. The van der Waals surface area contributed by atoms with Crippen LogP contribution in [0.3, 0.4) is 0 Å². The Kier molecular flexibility index (Phi) is 3.31. The van der Waals surface area contributed by atoms with Gasteiger partial charge in [0.15, 0.2) is 0 Å². The molecule has 1 aromatic rings. The topological polar surface area (TPSA) is 42.1 Å². The van der Waals surface area contributed by atoms with Gasteiger partial charge in [0.2, 0.25) is 0 Å². The van der Waals surface area contributed by atoms with E-state index in [1.165, 1.54) is 37.2 Å². The Hall–Kier alpha value is -1.35. The van der Waals surface area contributed by atoms with Gasteiger partial charge in [0.1, 0.15) is 0 Å². The second-order valence-electron chi connectivity index (χ2n) is 6.22. The molecule has 1 saturated heterocycles. The van der Waals surface area contributed by atoms with E-state index in [0.29, 0.717) is 5.92 Å². The molecule has 102 valence electrons. The summed E-state index contributed by atoms with van der Waals surface area (Å²) in [5.74, 6) is 2.19. The molecule has 2 heterocycles. The third kappa shape index (κ3) is 2.52. The van der Waals surface area contributed by atoms with Crippen LogP contribution in [0.2, 0.25) is 0 Å². The number of nitrogens with two attached hydrogens (primary N) is 1. The number of likely N-dealkylation sites (tertiary alicyclic amines) is 1. The van der Waals surface area contributed by atoms with Crippen LogP contribution in [0.4, 0.5) is 0 Å². The molecular weight excluding hydrogens is 234 g/mol. The number of hydrogen-bond acceptors (Lipinski definition) is 3. The van der Waals surface area contributed by atoms with Crippen molar-refractivity contribution in [3.8, 4) is 0 Å². The van der Waals surface area contributed by atoms with Crippen molar-refractivity contribution in [2.75, 3.05) is 13.1 Å². The van der Waals surface area contributed by atoms with Gasteiger partial charge >= 0.3 is 0 Å². The molecular formula is C16H23N3. The number of hydrogen-bond donors (Lipinski definition) is 1. The van der Waals surface area contributed by atoms with E-state index in [1.54, 1.807) is 0 Å². The first-order valence-corrected chi connectivity index (χ1v) is 7.20. The molecule has 3 heteroatoms. The van der Waals surface area contributed by atoms with Crippen LogP contribution in [0.1, 0.15) is 24.1 Å². The summed E-state index contributed by atoms with van der Waals surface area (Å²) >= 11 is 0. The van der Waals surface area contributed by atoms with Crippen LogP contribution in [0.5, 0.6) is 0 Å². The first kappa shape index (κ1) is 12.7. The molecule has 0 spiro atoms. The maximum Gasteiger partial charge on any atom is 0.0573 e. The van der Waals surface area contributed by atoms with E-state index in [9.17, 15) is 0 Å². The molecule has 0 amide bonds. The fourth-order valence-corrected chi connectivity index (χ4v) is 3.72. The summed E-state index contributed by atoms with van der Waals surface area (Å²) in [6, 6.07) is 4.16. The molecule has 19 heavy (non-hydrogen) atoms. The summed E-state index contributed by atoms with van der Waals surface area (Å²) in [6.07, 6.45) is 4.36. The van der Waals surface area contributed by atoms with Gasteiger partial charge in [-0.25, -0.2) is 0 Å². The monoisotopic (exact) mass is 257 g/mol. The molecule has 1 saturated carbocycles. The summed E-state index contributed by atoms with van der Waals surface area (Å²) in [6.45, 7) is 9.46. The predicted octanol–water partition coefficient (Wildman–Crippen LogP) is 2.32. The van der Waals surface area contributed by atoms with E-state index >= 15 is 0 Å². The van der Waals surface area contributed by atoms with E-state index in [2.05, 4.69) is 29.5 Å². The van der Waals surface area contributed by atoms with Gasteiger partial charge in [-0.15, -0.1) is 0 Å². The summed E-state index contributed by atoms with van der Waals surface area (Å²) in [4.78, 5) is 7.06. The molecule has 0 radical (unpaired) electrons. The molecule has 1 aliphatic carbocycles. The number of aromatic nitrogens is 1. The number of aryl methyl sites for hydroxylation is 1. The van der Waals surface area contributed by atoms with E-state index < -0.39 is 0 Å². The normalized spacial score (nSPS) is 30.5. The molecule has 1 aromatic heterocycles. The first-order chi connectivity index (χ1) is 9.13. The lowest BCUT2D eigenvalue weighted by Gasteiger charge is -2.19. The summed E-state index contributed by atoms with van der Waals surface area (Å²) < 4.78 is 0. The minimum atomic E-state index is 0.564. The zero-order chi connectivity index (χ0) is 13.4. The fourth-order valence-electron chi connectivity index (χ4n) is 3.72. The average molecular weight is 257 g/mol. The zero-order valence-electron chi connectivity index (χ0n) is 11.7. The fraction of sp³-hybridized carbons (Fsp3) is 0.562. The van der Waals surface area contributed by atoms with E-state index in [-0.39, 0.29) is 0 Å². The van der Waals surface area contributed by atoms with Crippen LogP contribution in [-0.2, 0) is 6.54 Å². The van der Waals surface area contributed by atoms with Crippen molar-refractivity contribution in [3.05, 3.63) is 41.9 Å². The van der Waals surface area contributed by atoms with Gasteiger partial charge in [0.05, 0.1) is 5.69 Å². The number of rotatable bonds is 3. The highest BCUT2D eigenvalue weighted by molar-refractivity contribution is 5.18. The lowest BCUT2D eigenvalue weighted by molar-refractivity contribution is 0.291. The largest absolute Gasteiger partial charge is 0.402 e. The molecule has 3 nitrogen and oxygen atoms in total. The third-order valence-electron chi connectivity index (χ3n) is 4.84. The van der Waals surface area contributed by atoms with Crippen LogP contribution in [0.15, 0.2) is 30.6 Å². The maximum atomic E-state index is 5.86. The van der Waals surface area contributed by atoms with Gasteiger partial charge in [-0.3, -0.25) is 9.88 Å². The quantitative estimate of drug-likeness (QED) is 0.903. The van der Waals surface area contributed by atoms with E-state index in [0.717, 1.165) is 24.1 Å². The Labute approximate surface area is 115 Å². The Morgan fingerprint density at radius 2 is 2.11 bits per heavy atom. The number of pyridine rings is 1. The highest BCUT2D eigenvalue weighted by Crippen LogP contribution is 2.43. The van der Waals surface area contributed by atoms with Crippen molar-refractivity contribution in [2.24, 2.45) is 23.5 Å². The maximum absolute atomic E-state index is 5.86. The SMILES string of the molecule is C=C(N)C1C[C@@H]2CN(Cc3ncccc3C)C[C@@H]2C1. The van der Waals surface area contributed by atoms with Crippen molar-refractivity contribution in [3.63, 3.8) is 0 Å². The van der Waals surface area contributed by atoms with Crippen LogP contribution in [-0.4, -0.2) is 23.0 Å². The predicted molar refractivity (Wildman–Crippen MR) is 77.3 cm³/mol. The van der Waals surface area contributed by atoms with Gasteiger partial charge in [-0.05, 0) is 49.1 Å². The van der Waals surface area contributed by atoms with Crippen LogP contribution >= 0.6 is 0 Å². The first-order valence-electron chi connectivity index (χ1n) is 7.20. The highest BCUT2D eigenvalue weighted by Gasteiger charge is 2.41. The van der Waals surface area contributed by atoms with Gasteiger partial charge in [0.25, 0.3) is 0 Å². The van der Waals surface area contributed by atoms with Gasteiger partial charge in [-0.1, -0.05) is 12.6 Å². The van der Waals surface area contributed by atoms with E-state index in [1.807, 2.05) is 12.3 Å². The van der Waals surface area contributed by atoms with Crippen molar-refractivity contribution < 1.29 is 0 Å². The number of fused-ring (bicyclic) bond motifs is 1.